The van der Waals surface area contributed by atoms with E-state index < -0.39 is 0 Å². The SMILES string of the molecule is CCNC(=NCC(=O)NC1CCCCC1)NCc1nc(C)c(C)o1.I. The average Bonchev–Trinajstić information content (AvgIpc) is 2.89. The van der Waals surface area contributed by atoms with Gasteiger partial charge in [-0.2, -0.15) is 0 Å². The lowest BCUT2D eigenvalue weighted by Gasteiger charge is -2.22. The highest BCUT2D eigenvalue weighted by Gasteiger charge is 2.15. The van der Waals surface area contributed by atoms with Gasteiger partial charge in [0.05, 0.1) is 12.2 Å². The van der Waals surface area contributed by atoms with E-state index >= 15 is 0 Å². The molecule has 1 aromatic heterocycles. The van der Waals surface area contributed by atoms with Crippen LogP contribution in [0.15, 0.2) is 9.41 Å². The molecule has 1 saturated carbocycles. The summed E-state index contributed by atoms with van der Waals surface area (Å²) in [6, 6.07) is 0.315. The Labute approximate surface area is 166 Å². The molecule has 0 aliphatic heterocycles. The van der Waals surface area contributed by atoms with Crippen molar-refractivity contribution in [3.63, 3.8) is 0 Å². The quantitative estimate of drug-likeness (QED) is 0.343. The molecule has 3 N–H and O–H groups in total. The summed E-state index contributed by atoms with van der Waals surface area (Å²) in [7, 11) is 0. The van der Waals surface area contributed by atoms with E-state index in [0.717, 1.165) is 30.8 Å². The second kappa shape index (κ2) is 11.3. The van der Waals surface area contributed by atoms with Gasteiger partial charge in [0, 0.05) is 12.6 Å². The van der Waals surface area contributed by atoms with Gasteiger partial charge in [0.1, 0.15) is 12.3 Å². The van der Waals surface area contributed by atoms with Gasteiger partial charge in [-0.1, -0.05) is 19.3 Å². The van der Waals surface area contributed by atoms with Crippen molar-refractivity contribution in [1.29, 1.82) is 0 Å². The molecule has 142 valence electrons. The lowest BCUT2D eigenvalue weighted by atomic mass is 9.95. The topological polar surface area (TPSA) is 91.5 Å². The van der Waals surface area contributed by atoms with E-state index in [1.165, 1.54) is 19.3 Å². The summed E-state index contributed by atoms with van der Waals surface area (Å²) < 4.78 is 5.53. The zero-order valence-electron chi connectivity index (χ0n) is 15.4. The minimum Gasteiger partial charge on any atom is -0.444 e. The number of halogens is 1. The number of guanidine groups is 1. The number of oxazole rings is 1. The van der Waals surface area contributed by atoms with Crippen LogP contribution in [0.5, 0.6) is 0 Å². The van der Waals surface area contributed by atoms with Crippen molar-refractivity contribution >= 4 is 35.8 Å². The molecule has 1 heterocycles. The third-order valence-corrected chi connectivity index (χ3v) is 4.18. The largest absolute Gasteiger partial charge is 0.444 e. The summed E-state index contributed by atoms with van der Waals surface area (Å²) in [6.07, 6.45) is 5.84. The number of aromatic nitrogens is 1. The molecular weight excluding hydrogens is 433 g/mol. The summed E-state index contributed by atoms with van der Waals surface area (Å²) in [6.45, 7) is 7.07. The predicted octanol–water partition coefficient (Wildman–Crippen LogP) is 2.41. The highest BCUT2D eigenvalue weighted by molar-refractivity contribution is 14.0. The van der Waals surface area contributed by atoms with Gasteiger partial charge in [-0.25, -0.2) is 9.98 Å². The monoisotopic (exact) mass is 463 g/mol. The molecule has 1 aliphatic rings. The molecule has 8 heteroatoms. The molecule has 0 saturated heterocycles. The molecule has 7 nitrogen and oxygen atoms in total. The Hall–Kier alpha value is -1.32. The summed E-state index contributed by atoms with van der Waals surface area (Å²) >= 11 is 0. The number of nitrogens with zero attached hydrogens (tertiary/aromatic N) is 2. The van der Waals surface area contributed by atoms with E-state index in [4.69, 9.17) is 4.42 Å². The number of aliphatic imine (C=N–C) groups is 1. The van der Waals surface area contributed by atoms with Crippen LogP contribution in [0.4, 0.5) is 0 Å². The Balaban J connectivity index is 0.00000312. The van der Waals surface area contributed by atoms with Crippen LogP contribution in [-0.4, -0.2) is 36.0 Å². The van der Waals surface area contributed by atoms with Crippen LogP contribution in [0.3, 0.4) is 0 Å². The first kappa shape index (κ1) is 21.7. The minimum absolute atomic E-state index is 0. The maximum Gasteiger partial charge on any atom is 0.242 e. The second-order valence-corrected chi connectivity index (χ2v) is 6.20. The molecule has 1 fully saturated rings. The Bertz CT molecular complexity index is 548. The second-order valence-electron chi connectivity index (χ2n) is 6.20. The lowest BCUT2D eigenvalue weighted by molar-refractivity contribution is -0.120. The molecule has 0 aromatic carbocycles. The highest BCUT2D eigenvalue weighted by atomic mass is 127. The Morgan fingerprint density at radius 3 is 2.56 bits per heavy atom. The van der Waals surface area contributed by atoms with Gasteiger partial charge in [0.2, 0.25) is 11.8 Å². The summed E-state index contributed by atoms with van der Waals surface area (Å²) in [5, 5.41) is 9.33. The first-order valence-electron chi connectivity index (χ1n) is 8.83. The normalized spacial score (nSPS) is 15.4. The van der Waals surface area contributed by atoms with E-state index in [9.17, 15) is 4.79 Å². The predicted molar refractivity (Wildman–Crippen MR) is 109 cm³/mol. The van der Waals surface area contributed by atoms with E-state index in [0.29, 0.717) is 24.4 Å². The number of hydrogen-bond donors (Lipinski definition) is 3. The number of hydrogen-bond acceptors (Lipinski definition) is 4. The number of rotatable bonds is 6. The molecule has 25 heavy (non-hydrogen) atoms. The standard InChI is InChI=1S/C17H29N5O2.HI/c1-4-18-17(20-11-16-21-12(2)13(3)24-16)19-10-15(23)22-14-8-6-5-7-9-14;/h14H,4-11H2,1-3H3,(H,22,23)(H2,18,19,20);1H. The average molecular weight is 463 g/mol. The van der Waals surface area contributed by atoms with Crippen LogP contribution in [0.2, 0.25) is 0 Å². The van der Waals surface area contributed by atoms with Gasteiger partial charge in [-0.15, -0.1) is 24.0 Å². The number of amides is 1. The van der Waals surface area contributed by atoms with Crippen molar-refractivity contribution in [3.8, 4) is 0 Å². The molecule has 1 aromatic rings. The number of nitrogens with one attached hydrogen (secondary N) is 3. The first-order chi connectivity index (χ1) is 11.6. The Kier molecular flexibility index (Phi) is 9.84. The number of aryl methyl sites for hydroxylation is 2. The van der Waals surface area contributed by atoms with Crippen LogP contribution in [-0.2, 0) is 11.3 Å². The zero-order valence-corrected chi connectivity index (χ0v) is 17.7. The number of carbonyl (C=O) groups excluding carboxylic acids is 1. The summed E-state index contributed by atoms with van der Waals surface area (Å²) in [4.78, 5) is 20.7. The first-order valence-corrected chi connectivity index (χ1v) is 8.83. The Morgan fingerprint density at radius 2 is 1.96 bits per heavy atom. The van der Waals surface area contributed by atoms with E-state index in [2.05, 4.69) is 25.9 Å². The van der Waals surface area contributed by atoms with Crippen molar-refractivity contribution in [2.45, 2.75) is 65.5 Å². The molecule has 1 aliphatic carbocycles. The van der Waals surface area contributed by atoms with Crippen molar-refractivity contribution in [1.82, 2.24) is 20.9 Å². The third-order valence-electron chi connectivity index (χ3n) is 4.18. The maximum absolute atomic E-state index is 12.0. The van der Waals surface area contributed by atoms with Crippen LogP contribution in [0, 0.1) is 13.8 Å². The van der Waals surface area contributed by atoms with Crippen LogP contribution >= 0.6 is 24.0 Å². The van der Waals surface area contributed by atoms with Gasteiger partial charge >= 0.3 is 0 Å². The van der Waals surface area contributed by atoms with Crippen LogP contribution in [0.25, 0.3) is 0 Å². The van der Waals surface area contributed by atoms with Crippen molar-refractivity contribution in [2.24, 2.45) is 4.99 Å². The molecule has 0 radical (unpaired) electrons. The smallest absolute Gasteiger partial charge is 0.242 e. The molecule has 1 amide bonds. The Morgan fingerprint density at radius 1 is 1.24 bits per heavy atom. The van der Waals surface area contributed by atoms with Gasteiger partial charge in [0.25, 0.3) is 0 Å². The molecule has 0 bridgehead atoms. The number of carbonyl (C=O) groups is 1. The molecule has 0 atom stereocenters. The minimum atomic E-state index is -0.0260. The van der Waals surface area contributed by atoms with E-state index in [-0.39, 0.29) is 36.4 Å². The van der Waals surface area contributed by atoms with E-state index in [1.807, 2.05) is 20.8 Å². The van der Waals surface area contributed by atoms with Gasteiger partial charge in [-0.05, 0) is 33.6 Å². The van der Waals surface area contributed by atoms with Crippen molar-refractivity contribution in [2.75, 3.05) is 13.1 Å². The van der Waals surface area contributed by atoms with Crippen molar-refractivity contribution < 1.29 is 9.21 Å². The fourth-order valence-electron chi connectivity index (χ4n) is 2.79. The van der Waals surface area contributed by atoms with Gasteiger partial charge < -0.3 is 20.4 Å². The third kappa shape index (κ3) is 7.62. The molecule has 0 spiro atoms. The fraction of sp³-hybridized carbons (Fsp3) is 0.706. The van der Waals surface area contributed by atoms with Crippen LogP contribution < -0.4 is 16.0 Å². The molecule has 2 rings (SSSR count). The zero-order chi connectivity index (χ0) is 17.4. The fourth-order valence-corrected chi connectivity index (χ4v) is 2.79. The summed E-state index contributed by atoms with van der Waals surface area (Å²) in [5.41, 5.74) is 0.889. The van der Waals surface area contributed by atoms with Gasteiger partial charge in [0.15, 0.2) is 5.96 Å². The molecular formula is C17H30IN5O2. The van der Waals surface area contributed by atoms with Gasteiger partial charge in [-0.3, -0.25) is 4.79 Å². The molecule has 0 unspecified atom stereocenters. The lowest BCUT2D eigenvalue weighted by Crippen LogP contribution is -2.40. The highest BCUT2D eigenvalue weighted by Crippen LogP contribution is 2.17. The summed E-state index contributed by atoms with van der Waals surface area (Å²) in [5.74, 6) is 1.99. The maximum atomic E-state index is 12.0. The van der Waals surface area contributed by atoms with Crippen molar-refractivity contribution in [3.05, 3.63) is 17.3 Å². The van der Waals surface area contributed by atoms with Crippen LogP contribution in [0.1, 0.15) is 56.4 Å². The van der Waals surface area contributed by atoms with E-state index in [1.54, 1.807) is 0 Å².